The SMILES string of the molecule is CCCCCOC1(NC(C)=O)C(C)=CC(=O)C=C1C. The van der Waals surface area contributed by atoms with Gasteiger partial charge in [0, 0.05) is 6.92 Å². The highest BCUT2D eigenvalue weighted by Crippen LogP contribution is 2.31. The molecule has 4 nitrogen and oxygen atoms in total. The Balaban J connectivity index is 2.92. The van der Waals surface area contributed by atoms with Crippen molar-refractivity contribution in [3.05, 3.63) is 23.3 Å². The van der Waals surface area contributed by atoms with Crippen LogP contribution in [0.5, 0.6) is 0 Å². The number of unbranched alkanes of at least 4 members (excludes halogenated alkanes) is 2. The molecule has 4 heteroatoms. The zero-order chi connectivity index (χ0) is 14.5. The van der Waals surface area contributed by atoms with E-state index in [-0.39, 0.29) is 11.7 Å². The fourth-order valence-electron chi connectivity index (χ4n) is 2.27. The fourth-order valence-corrected chi connectivity index (χ4v) is 2.27. The average molecular weight is 265 g/mol. The molecule has 0 spiro atoms. The van der Waals surface area contributed by atoms with E-state index < -0.39 is 5.72 Å². The summed E-state index contributed by atoms with van der Waals surface area (Å²) in [5.74, 6) is -0.238. The van der Waals surface area contributed by atoms with Crippen molar-refractivity contribution in [2.75, 3.05) is 6.61 Å². The molecule has 1 amide bonds. The van der Waals surface area contributed by atoms with Gasteiger partial charge in [-0.3, -0.25) is 9.59 Å². The third kappa shape index (κ3) is 3.77. The minimum absolute atomic E-state index is 0.0619. The number of carbonyl (C=O) groups is 2. The summed E-state index contributed by atoms with van der Waals surface area (Å²) in [6, 6.07) is 0. The topological polar surface area (TPSA) is 55.4 Å². The Labute approximate surface area is 114 Å². The Kier molecular flexibility index (Phi) is 5.48. The van der Waals surface area contributed by atoms with Gasteiger partial charge in [-0.2, -0.15) is 0 Å². The molecular weight excluding hydrogens is 242 g/mol. The predicted octanol–water partition coefficient (Wildman–Crippen LogP) is 2.50. The van der Waals surface area contributed by atoms with E-state index in [1.54, 1.807) is 0 Å². The Morgan fingerprint density at radius 3 is 2.32 bits per heavy atom. The van der Waals surface area contributed by atoms with Crippen molar-refractivity contribution in [2.45, 2.75) is 52.7 Å². The first kappa shape index (κ1) is 15.6. The molecule has 106 valence electrons. The van der Waals surface area contributed by atoms with Crippen molar-refractivity contribution in [1.82, 2.24) is 5.32 Å². The van der Waals surface area contributed by atoms with Crippen molar-refractivity contribution in [2.24, 2.45) is 0 Å². The molecule has 1 rings (SSSR count). The van der Waals surface area contributed by atoms with Gasteiger partial charge >= 0.3 is 0 Å². The largest absolute Gasteiger partial charge is 0.348 e. The van der Waals surface area contributed by atoms with Crippen LogP contribution < -0.4 is 5.32 Å². The van der Waals surface area contributed by atoms with Crippen LogP contribution >= 0.6 is 0 Å². The third-order valence-corrected chi connectivity index (χ3v) is 3.25. The van der Waals surface area contributed by atoms with Crippen LogP contribution in [0.4, 0.5) is 0 Å². The highest BCUT2D eigenvalue weighted by Gasteiger charge is 2.38. The van der Waals surface area contributed by atoms with Gasteiger partial charge in [0.05, 0.1) is 6.61 Å². The van der Waals surface area contributed by atoms with Crippen molar-refractivity contribution < 1.29 is 14.3 Å². The number of rotatable bonds is 6. The van der Waals surface area contributed by atoms with Crippen molar-refractivity contribution in [3.63, 3.8) is 0 Å². The molecule has 0 unspecified atom stereocenters. The Morgan fingerprint density at radius 2 is 1.84 bits per heavy atom. The Bertz CT molecular complexity index is 399. The van der Waals surface area contributed by atoms with Crippen LogP contribution in [0.1, 0.15) is 47.0 Å². The minimum Gasteiger partial charge on any atom is -0.348 e. The van der Waals surface area contributed by atoms with Crippen LogP contribution in [0.3, 0.4) is 0 Å². The minimum atomic E-state index is -0.951. The Hall–Kier alpha value is -1.42. The van der Waals surface area contributed by atoms with Crippen LogP contribution in [0.25, 0.3) is 0 Å². The highest BCUT2D eigenvalue weighted by atomic mass is 16.5. The monoisotopic (exact) mass is 265 g/mol. The van der Waals surface area contributed by atoms with E-state index in [0.717, 1.165) is 30.4 Å². The maximum Gasteiger partial charge on any atom is 0.219 e. The normalized spacial score (nSPS) is 17.8. The molecule has 0 atom stereocenters. The first-order valence-corrected chi connectivity index (χ1v) is 6.76. The van der Waals surface area contributed by atoms with Gasteiger partial charge < -0.3 is 10.1 Å². The molecule has 0 bridgehead atoms. The Morgan fingerprint density at radius 1 is 1.26 bits per heavy atom. The number of amides is 1. The van der Waals surface area contributed by atoms with Gasteiger partial charge in [-0.1, -0.05) is 19.8 Å². The summed E-state index contributed by atoms with van der Waals surface area (Å²) < 4.78 is 5.94. The van der Waals surface area contributed by atoms with Crippen molar-refractivity contribution in [3.8, 4) is 0 Å². The van der Waals surface area contributed by atoms with Crippen LogP contribution in [-0.4, -0.2) is 24.0 Å². The number of allylic oxidation sites excluding steroid dienone is 2. The molecule has 0 saturated heterocycles. The summed E-state index contributed by atoms with van der Waals surface area (Å²) in [6.45, 7) is 7.75. The third-order valence-electron chi connectivity index (χ3n) is 3.25. The maximum absolute atomic E-state index is 11.5. The summed E-state index contributed by atoms with van der Waals surface area (Å²) in [5.41, 5.74) is 0.501. The van der Waals surface area contributed by atoms with Crippen molar-refractivity contribution in [1.29, 1.82) is 0 Å². The lowest BCUT2D eigenvalue weighted by Crippen LogP contribution is -2.53. The molecule has 0 saturated carbocycles. The van der Waals surface area contributed by atoms with Gasteiger partial charge in [0.2, 0.25) is 5.91 Å². The second kappa shape index (κ2) is 6.66. The summed E-state index contributed by atoms with van der Waals surface area (Å²) >= 11 is 0. The summed E-state index contributed by atoms with van der Waals surface area (Å²) in [4.78, 5) is 23.0. The van der Waals surface area contributed by atoms with E-state index in [4.69, 9.17) is 4.74 Å². The van der Waals surface area contributed by atoms with Gasteiger partial charge in [-0.15, -0.1) is 0 Å². The van der Waals surface area contributed by atoms with Crippen LogP contribution in [0.15, 0.2) is 23.3 Å². The lowest BCUT2D eigenvalue weighted by atomic mass is 9.89. The van der Waals surface area contributed by atoms with Crippen LogP contribution in [0, 0.1) is 0 Å². The van der Waals surface area contributed by atoms with Crippen LogP contribution in [-0.2, 0) is 14.3 Å². The zero-order valence-electron chi connectivity index (χ0n) is 12.2. The van der Waals surface area contributed by atoms with Gasteiger partial charge in [0.15, 0.2) is 11.5 Å². The van der Waals surface area contributed by atoms with Gasteiger partial charge in [-0.25, -0.2) is 0 Å². The molecule has 1 aliphatic rings. The molecule has 0 radical (unpaired) electrons. The first-order chi connectivity index (χ1) is 8.92. The number of ether oxygens (including phenoxy) is 1. The average Bonchev–Trinajstić information content (AvgIpc) is 2.30. The van der Waals surface area contributed by atoms with Crippen molar-refractivity contribution >= 4 is 11.7 Å². The molecule has 1 aliphatic carbocycles. The zero-order valence-corrected chi connectivity index (χ0v) is 12.2. The number of ketones is 1. The second-order valence-electron chi connectivity index (χ2n) is 4.98. The molecule has 0 aliphatic heterocycles. The number of hydrogen-bond donors (Lipinski definition) is 1. The second-order valence-corrected chi connectivity index (χ2v) is 4.98. The highest BCUT2D eigenvalue weighted by molar-refractivity contribution is 6.02. The van der Waals surface area contributed by atoms with E-state index in [2.05, 4.69) is 12.2 Å². The quantitative estimate of drug-likeness (QED) is 0.593. The maximum atomic E-state index is 11.5. The number of nitrogens with one attached hydrogen (secondary N) is 1. The van der Waals surface area contributed by atoms with Gasteiger partial charge in [-0.05, 0) is 43.6 Å². The summed E-state index contributed by atoms with van der Waals surface area (Å²) in [7, 11) is 0. The van der Waals surface area contributed by atoms with E-state index in [1.165, 1.54) is 19.1 Å². The standard InChI is InChI=1S/C15H23NO3/c1-5-6-7-8-19-15(16-13(4)17)11(2)9-14(18)10-12(15)3/h9-10H,5-8H2,1-4H3,(H,16,17). The predicted molar refractivity (Wildman–Crippen MR) is 74.5 cm³/mol. The number of hydrogen-bond acceptors (Lipinski definition) is 3. The number of carbonyl (C=O) groups excluding carboxylic acids is 2. The van der Waals surface area contributed by atoms with E-state index in [0.29, 0.717) is 6.61 Å². The molecule has 19 heavy (non-hydrogen) atoms. The van der Waals surface area contributed by atoms with Crippen LogP contribution in [0.2, 0.25) is 0 Å². The summed E-state index contributed by atoms with van der Waals surface area (Å²) in [6.07, 6.45) is 6.16. The van der Waals surface area contributed by atoms with Gasteiger partial charge in [0.25, 0.3) is 0 Å². The molecule has 1 N–H and O–H groups in total. The molecule has 0 aromatic rings. The van der Waals surface area contributed by atoms with E-state index >= 15 is 0 Å². The smallest absolute Gasteiger partial charge is 0.219 e. The van der Waals surface area contributed by atoms with Gasteiger partial charge in [0.1, 0.15) is 0 Å². The lowest BCUT2D eigenvalue weighted by Gasteiger charge is -2.38. The lowest BCUT2D eigenvalue weighted by molar-refractivity contribution is -0.127. The van der Waals surface area contributed by atoms with E-state index in [9.17, 15) is 9.59 Å². The molecule has 0 heterocycles. The molecular formula is C15H23NO3. The molecule has 0 fully saturated rings. The fraction of sp³-hybridized carbons (Fsp3) is 0.600. The van der Waals surface area contributed by atoms with E-state index in [1.807, 2.05) is 13.8 Å². The first-order valence-electron chi connectivity index (χ1n) is 6.76. The summed E-state index contributed by atoms with van der Waals surface area (Å²) in [5, 5.41) is 2.84. The molecule has 0 aromatic carbocycles. The molecule has 0 aromatic heterocycles.